The van der Waals surface area contributed by atoms with Gasteiger partial charge in [-0.3, -0.25) is 9.59 Å². The highest BCUT2D eigenvalue weighted by Crippen LogP contribution is 2.80. The van der Waals surface area contributed by atoms with E-state index in [0.29, 0.717) is 22.3 Å². The zero-order valence-corrected chi connectivity index (χ0v) is 27.4. The third-order valence-electron chi connectivity index (χ3n) is 13.3. The highest BCUT2D eigenvalue weighted by atomic mass is 19.4. The van der Waals surface area contributed by atoms with Crippen LogP contribution in [-0.4, -0.2) is 66.2 Å². The van der Waals surface area contributed by atoms with Crippen LogP contribution in [0.1, 0.15) is 33.4 Å². The molecule has 4 atom stereocenters. The number of nitrogens with zero attached hydrogens (tertiary/aromatic N) is 2. The molecule has 11 heteroatoms. The van der Waals surface area contributed by atoms with Crippen molar-refractivity contribution in [2.45, 2.75) is 34.9 Å². The number of fused-ring (bicyclic) bond motifs is 11. The van der Waals surface area contributed by atoms with Crippen LogP contribution in [0.2, 0.25) is 0 Å². The summed E-state index contributed by atoms with van der Waals surface area (Å²) < 4.78 is 94.1. The Kier molecular flexibility index (Phi) is 5.96. The molecule has 4 spiro atoms. The maximum absolute atomic E-state index is 14.5. The lowest BCUT2D eigenvalue weighted by molar-refractivity contribution is -0.322. The van der Waals surface area contributed by atoms with Crippen molar-refractivity contribution < 1.29 is 40.7 Å². The summed E-state index contributed by atoms with van der Waals surface area (Å²) in [5.74, 6) is -4.60. The maximum atomic E-state index is 14.5. The fourth-order valence-electron chi connectivity index (χ4n) is 11.7. The van der Waals surface area contributed by atoms with Crippen LogP contribution in [0.25, 0.3) is 0 Å². The fourth-order valence-corrected chi connectivity index (χ4v) is 11.7. The third kappa shape index (κ3) is 3.38. The van der Waals surface area contributed by atoms with Gasteiger partial charge in [0.25, 0.3) is 0 Å². The number of ether oxygens (including phenoxy) is 1. The molecule has 0 N–H and O–H groups in total. The quantitative estimate of drug-likeness (QED) is 0.129. The molecule has 4 aromatic carbocycles. The SMILES string of the molecule is O=C(N1CC23c4ccccc4C4(CN(C(=O)C(F)(F)F)C[C@@]45C=C[C@]2(C1)[C@H]1OC(c2ccccc2)(c2ccccc2)[C@H]15)c1ccccc13)C(F)(F)F. The molecular weight excluding hydrogens is 682 g/mol. The Morgan fingerprint density at radius 3 is 1.33 bits per heavy atom. The van der Waals surface area contributed by atoms with Crippen LogP contribution in [0.4, 0.5) is 26.3 Å². The lowest BCUT2D eigenvalue weighted by atomic mass is 9.33. The molecule has 2 aliphatic carbocycles. The van der Waals surface area contributed by atoms with Crippen molar-refractivity contribution in [3.05, 3.63) is 155 Å². The molecule has 0 aromatic heterocycles. The fraction of sp³-hybridized carbons (Fsp3) is 0.317. The maximum Gasteiger partial charge on any atom is 0.471 e. The molecule has 52 heavy (non-hydrogen) atoms. The summed E-state index contributed by atoms with van der Waals surface area (Å²) in [4.78, 5) is 28.6. The molecular formula is C41H30F6N2O3. The van der Waals surface area contributed by atoms with Gasteiger partial charge in [-0.2, -0.15) is 26.3 Å². The van der Waals surface area contributed by atoms with Gasteiger partial charge in [0.05, 0.1) is 11.5 Å². The molecule has 5 nitrogen and oxygen atoms in total. The third-order valence-corrected chi connectivity index (χ3v) is 13.3. The molecule has 0 radical (unpaired) electrons. The van der Waals surface area contributed by atoms with Gasteiger partial charge in [0.1, 0.15) is 5.60 Å². The van der Waals surface area contributed by atoms with Gasteiger partial charge in [-0.15, -0.1) is 0 Å². The van der Waals surface area contributed by atoms with E-state index < -0.39 is 63.4 Å². The Balaban J connectivity index is 1.36. The lowest BCUT2D eigenvalue weighted by Crippen LogP contribution is -2.79. The number of rotatable bonds is 2. The summed E-state index contributed by atoms with van der Waals surface area (Å²) >= 11 is 0. The van der Waals surface area contributed by atoms with Crippen LogP contribution >= 0.6 is 0 Å². The molecule has 0 bridgehead atoms. The van der Waals surface area contributed by atoms with Crippen LogP contribution in [0.15, 0.2) is 121 Å². The molecule has 3 fully saturated rings. The summed E-state index contributed by atoms with van der Waals surface area (Å²) in [7, 11) is 0. The van der Waals surface area contributed by atoms with E-state index in [0.717, 1.165) is 20.9 Å². The molecule has 5 aliphatic rings. The number of likely N-dealkylation sites (tertiary alicyclic amines) is 2. The smallest absolute Gasteiger partial charge is 0.360 e. The van der Waals surface area contributed by atoms with Gasteiger partial charge in [-0.05, 0) is 33.4 Å². The van der Waals surface area contributed by atoms with Gasteiger partial charge < -0.3 is 14.5 Å². The Morgan fingerprint density at radius 2 is 0.904 bits per heavy atom. The van der Waals surface area contributed by atoms with E-state index in [-0.39, 0.29) is 26.2 Å². The van der Waals surface area contributed by atoms with Gasteiger partial charge in [-0.1, -0.05) is 121 Å². The zero-order chi connectivity index (χ0) is 36.1. The Bertz CT molecular complexity index is 2130. The highest BCUT2D eigenvalue weighted by molar-refractivity contribution is 5.85. The van der Waals surface area contributed by atoms with Gasteiger partial charge in [0, 0.05) is 48.3 Å². The van der Waals surface area contributed by atoms with E-state index in [9.17, 15) is 35.9 Å². The first kappa shape index (κ1) is 31.8. The summed E-state index contributed by atoms with van der Waals surface area (Å²) in [5, 5.41) is 0. The predicted octanol–water partition coefficient (Wildman–Crippen LogP) is 6.90. The average Bonchev–Trinajstić information content (AvgIpc) is 3.62. The van der Waals surface area contributed by atoms with E-state index in [4.69, 9.17) is 4.74 Å². The van der Waals surface area contributed by atoms with Crippen LogP contribution in [0.5, 0.6) is 0 Å². The number of carbonyl (C=O) groups is 2. The number of hydrogen-bond donors (Lipinski definition) is 0. The molecule has 0 saturated carbocycles. The molecule has 0 unspecified atom stereocenters. The van der Waals surface area contributed by atoms with Gasteiger partial charge in [0.15, 0.2) is 0 Å². The number of amides is 2. The Labute approximate surface area is 294 Å². The van der Waals surface area contributed by atoms with E-state index in [1.807, 2.05) is 97.1 Å². The molecule has 4 aromatic rings. The first-order valence-corrected chi connectivity index (χ1v) is 17.2. The van der Waals surface area contributed by atoms with Crippen molar-refractivity contribution in [2.24, 2.45) is 16.7 Å². The van der Waals surface area contributed by atoms with Crippen molar-refractivity contribution in [1.29, 1.82) is 0 Å². The highest BCUT2D eigenvalue weighted by Gasteiger charge is 2.85. The van der Waals surface area contributed by atoms with Crippen molar-refractivity contribution in [3.63, 3.8) is 0 Å². The van der Waals surface area contributed by atoms with Gasteiger partial charge in [0.2, 0.25) is 0 Å². The van der Waals surface area contributed by atoms with Crippen molar-refractivity contribution in [3.8, 4) is 0 Å². The Hall–Kier alpha value is -4.90. The topological polar surface area (TPSA) is 49.9 Å². The summed E-state index contributed by atoms with van der Waals surface area (Å²) in [6, 6.07) is 33.2. The molecule has 2 amide bonds. The van der Waals surface area contributed by atoms with E-state index in [1.54, 1.807) is 24.3 Å². The monoisotopic (exact) mass is 712 g/mol. The number of halogens is 6. The molecule has 264 valence electrons. The second kappa shape index (κ2) is 9.74. The van der Waals surface area contributed by atoms with Gasteiger partial charge in [-0.25, -0.2) is 0 Å². The van der Waals surface area contributed by atoms with Crippen LogP contribution in [0.3, 0.4) is 0 Å². The Morgan fingerprint density at radius 1 is 0.538 bits per heavy atom. The molecule has 9 rings (SSSR count). The number of alkyl halides is 6. The predicted molar refractivity (Wildman–Crippen MR) is 176 cm³/mol. The minimum Gasteiger partial charge on any atom is -0.360 e. The second-order valence-electron chi connectivity index (χ2n) is 15.1. The zero-order valence-electron chi connectivity index (χ0n) is 27.4. The number of carbonyl (C=O) groups excluding carboxylic acids is 2. The van der Waals surface area contributed by atoms with Gasteiger partial charge >= 0.3 is 24.2 Å². The first-order valence-electron chi connectivity index (χ1n) is 17.2. The second-order valence-corrected chi connectivity index (χ2v) is 15.1. The summed E-state index contributed by atoms with van der Waals surface area (Å²) in [6.07, 6.45) is -7.41. The number of benzene rings is 4. The van der Waals surface area contributed by atoms with E-state index >= 15 is 0 Å². The van der Waals surface area contributed by atoms with E-state index in [2.05, 4.69) is 0 Å². The molecule has 3 aliphatic heterocycles. The van der Waals surface area contributed by atoms with Crippen molar-refractivity contribution in [2.75, 3.05) is 26.2 Å². The minimum atomic E-state index is -5.15. The van der Waals surface area contributed by atoms with Crippen LogP contribution < -0.4 is 0 Å². The summed E-state index contributed by atoms with van der Waals surface area (Å²) in [5.41, 5.74) is -2.32. The van der Waals surface area contributed by atoms with Crippen LogP contribution in [0, 0.1) is 16.7 Å². The van der Waals surface area contributed by atoms with Crippen molar-refractivity contribution >= 4 is 11.8 Å². The van der Waals surface area contributed by atoms with Crippen LogP contribution in [-0.2, 0) is 30.8 Å². The molecule has 3 heterocycles. The lowest BCUT2D eigenvalue weighted by Gasteiger charge is -2.74. The average molecular weight is 713 g/mol. The molecule has 3 saturated heterocycles. The van der Waals surface area contributed by atoms with E-state index in [1.165, 1.54) is 0 Å². The van der Waals surface area contributed by atoms with Crippen molar-refractivity contribution in [1.82, 2.24) is 9.80 Å². The minimum absolute atomic E-state index is 0.315. The largest absolute Gasteiger partial charge is 0.471 e. The number of hydrogen-bond acceptors (Lipinski definition) is 3. The standard InChI is InChI=1S/C41H30F6N2O3/c42-40(43,44)33(50)48-21-35-19-20-36(32-31(35)39(52-32,25-11-3-1-4-12-25)26-13-5-2-6-14-26)22-49(34(51)41(45,46)47)24-38(36)29-17-9-7-15-27(29)37(35,23-48)28-16-8-10-18-30(28)38/h1-20,31-32H,21-24H2/t31-,32+,35-,36+,37?,38?/m1/s1. The first-order chi connectivity index (χ1) is 24.8. The summed E-state index contributed by atoms with van der Waals surface area (Å²) in [6.45, 7) is -1.29. The normalized spacial score (nSPS) is 32.9.